The van der Waals surface area contributed by atoms with Crippen molar-refractivity contribution in [3.63, 3.8) is 0 Å². The van der Waals surface area contributed by atoms with Gasteiger partial charge in [0.05, 0.1) is 24.5 Å². The SMILES string of the molecule is COc1cc2c(Oc3ncc(N(C(=O)C4(C(N)=O)CC4)c4ccc(F)cc4)cc3Cl)ccnc2cc1OCc1ccccc1. The molecule has 1 aliphatic carbocycles. The van der Waals surface area contributed by atoms with E-state index in [1.807, 2.05) is 30.3 Å². The largest absolute Gasteiger partial charge is 0.493 e. The number of fused-ring (bicyclic) bond motifs is 1. The van der Waals surface area contributed by atoms with Gasteiger partial charge in [-0.2, -0.15) is 0 Å². The number of benzene rings is 3. The molecule has 2 amide bonds. The van der Waals surface area contributed by atoms with Gasteiger partial charge in [-0.15, -0.1) is 0 Å². The van der Waals surface area contributed by atoms with Crippen LogP contribution in [0, 0.1) is 11.2 Å². The zero-order valence-electron chi connectivity index (χ0n) is 23.5. The van der Waals surface area contributed by atoms with E-state index in [-0.39, 0.29) is 16.6 Å². The van der Waals surface area contributed by atoms with Gasteiger partial charge in [0, 0.05) is 23.3 Å². The van der Waals surface area contributed by atoms with Crippen LogP contribution in [0.1, 0.15) is 18.4 Å². The number of nitrogens with two attached hydrogens (primary N) is 1. The molecule has 9 nitrogen and oxygen atoms in total. The first-order valence-corrected chi connectivity index (χ1v) is 14.0. The number of carbonyl (C=O) groups excluding carboxylic acids is 2. The summed E-state index contributed by atoms with van der Waals surface area (Å²) in [5, 5.41) is 0.713. The molecule has 2 N–H and O–H groups in total. The molecule has 1 fully saturated rings. The molecule has 0 spiro atoms. The number of carbonyl (C=O) groups is 2. The normalized spacial score (nSPS) is 13.2. The van der Waals surface area contributed by atoms with E-state index in [0.717, 1.165) is 5.56 Å². The second kappa shape index (κ2) is 11.8. The Morgan fingerprint density at radius 2 is 1.70 bits per heavy atom. The molecule has 0 aliphatic heterocycles. The van der Waals surface area contributed by atoms with Gasteiger partial charge in [-0.05, 0) is 60.9 Å². The third kappa shape index (κ3) is 5.59. The molecule has 3 aromatic carbocycles. The topological polar surface area (TPSA) is 117 Å². The van der Waals surface area contributed by atoms with Gasteiger partial charge in [-0.25, -0.2) is 9.37 Å². The number of halogens is 2. The van der Waals surface area contributed by atoms with Crippen molar-refractivity contribution in [2.75, 3.05) is 12.0 Å². The maximum Gasteiger partial charge on any atom is 0.247 e. The number of anilines is 2. The first-order valence-electron chi connectivity index (χ1n) is 13.7. The number of aromatic nitrogens is 2. The third-order valence-corrected chi connectivity index (χ3v) is 7.67. The standard InChI is InChI=1S/C33H26ClFN4O5/c1-42-28-16-24-26(17-29(28)43-19-20-5-3-2-4-6-20)37-14-11-27(24)44-30-25(34)15-23(18-38-30)39(22-9-7-21(35)8-10-22)32(41)33(12-13-33)31(36)40/h2-11,14-18H,12-13,19H2,1H3,(H2,36,40). The van der Waals surface area contributed by atoms with E-state index in [9.17, 15) is 14.0 Å². The van der Waals surface area contributed by atoms with E-state index in [0.29, 0.717) is 53.3 Å². The lowest BCUT2D eigenvalue weighted by Crippen LogP contribution is -2.41. The Labute approximate surface area is 257 Å². The highest BCUT2D eigenvalue weighted by Gasteiger charge is 2.57. The highest BCUT2D eigenvalue weighted by molar-refractivity contribution is 6.32. The summed E-state index contributed by atoms with van der Waals surface area (Å²) in [7, 11) is 1.54. The molecule has 0 unspecified atom stereocenters. The highest BCUT2D eigenvalue weighted by atomic mass is 35.5. The number of rotatable bonds is 10. The molecule has 1 aliphatic rings. The molecule has 0 bridgehead atoms. The smallest absolute Gasteiger partial charge is 0.247 e. The quantitative estimate of drug-likeness (QED) is 0.174. The predicted molar refractivity (Wildman–Crippen MR) is 163 cm³/mol. The first-order chi connectivity index (χ1) is 21.3. The van der Waals surface area contributed by atoms with Gasteiger partial charge in [0.1, 0.15) is 28.6 Å². The van der Waals surface area contributed by atoms with Gasteiger partial charge in [0.15, 0.2) is 11.5 Å². The van der Waals surface area contributed by atoms with Crippen molar-refractivity contribution < 1.29 is 28.2 Å². The molecule has 222 valence electrons. The van der Waals surface area contributed by atoms with Gasteiger partial charge in [0.2, 0.25) is 17.7 Å². The monoisotopic (exact) mass is 612 g/mol. The van der Waals surface area contributed by atoms with Crippen LogP contribution < -0.4 is 24.8 Å². The minimum Gasteiger partial charge on any atom is -0.493 e. The predicted octanol–water partition coefficient (Wildman–Crippen LogP) is 6.73. The summed E-state index contributed by atoms with van der Waals surface area (Å²) >= 11 is 6.63. The van der Waals surface area contributed by atoms with Gasteiger partial charge in [-0.1, -0.05) is 41.9 Å². The van der Waals surface area contributed by atoms with Crippen LogP contribution in [-0.2, 0) is 16.2 Å². The van der Waals surface area contributed by atoms with Crippen LogP contribution in [0.15, 0.2) is 91.3 Å². The number of primary amides is 1. The molecule has 11 heteroatoms. The van der Waals surface area contributed by atoms with E-state index < -0.39 is 23.0 Å². The Morgan fingerprint density at radius 3 is 2.36 bits per heavy atom. The van der Waals surface area contributed by atoms with Gasteiger partial charge in [-0.3, -0.25) is 19.5 Å². The average Bonchev–Trinajstić information content (AvgIpc) is 3.85. The number of hydrogen-bond donors (Lipinski definition) is 1. The lowest BCUT2D eigenvalue weighted by molar-refractivity contribution is -0.133. The van der Waals surface area contributed by atoms with Crippen LogP contribution in [-0.4, -0.2) is 28.9 Å². The summed E-state index contributed by atoms with van der Waals surface area (Å²) < 4.78 is 31.4. The molecular weight excluding hydrogens is 587 g/mol. The molecule has 5 aromatic rings. The number of hydrogen-bond acceptors (Lipinski definition) is 7. The second-order valence-electron chi connectivity index (χ2n) is 10.2. The number of amides is 2. The van der Waals surface area contributed by atoms with Crippen LogP contribution >= 0.6 is 11.6 Å². The Balaban J connectivity index is 1.30. The summed E-state index contributed by atoms with van der Waals surface area (Å²) in [5.74, 6) is -0.270. The second-order valence-corrected chi connectivity index (χ2v) is 10.7. The summed E-state index contributed by atoms with van der Waals surface area (Å²) in [5.41, 5.74) is 6.42. The zero-order valence-corrected chi connectivity index (χ0v) is 24.3. The minimum absolute atomic E-state index is 0.0637. The molecule has 44 heavy (non-hydrogen) atoms. The molecule has 0 atom stereocenters. The van der Waals surface area contributed by atoms with E-state index in [1.165, 1.54) is 41.4 Å². The van der Waals surface area contributed by atoms with Crippen LogP contribution in [0.3, 0.4) is 0 Å². The summed E-state index contributed by atoms with van der Waals surface area (Å²) in [6.45, 7) is 0.350. The number of nitrogens with zero attached hydrogens (tertiary/aromatic N) is 3. The maximum absolute atomic E-state index is 13.7. The Kier molecular flexibility index (Phi) is 7.75. The molecule has 0 saturated heterocycles. The zero-order chi connectivity index (χ0) is 30.8. The van der Waals surface area contributed by atoms with Crippen molar-refractivity contribution in [3.05, 3.63) is 108 Å². The maximum atomic E-state index is 13.7. The van der Waals surface area contributed by atoms with Crippen LogP contribution in [0.5, 0.6) is 23.1 Å². The summed E-state index contributed by atoms with van der Waals surface area (Å²) in [4.78, 5) is 35.9. The number of methoxy groups -OCH3 is 1. The Bertz CT molecular complexity index is 1870. The molecular formula is C33H26ClFN4O5. The van der Waals surface area contributed by atoms with Crippen molar-refractivity contribution in [3.8, 4) is 23.1 Å². The van der Waals surface area contributed by atoms with Crippen LogP contribution in [0.25, 0.3) is 10.9 Å². The van der Waals surface area contributed by atoms with E-state index in [2.05, 4.69) is 9.97 Å². The van der Waals surface area contributed by atoms with Crippen molar-refractivity contribution >= 4 is 45.7 Å². The average molecular weight is 613 g/mol. The Hall–Kier alpha value is -5.22. The van der Waals surface area contributed by atoms with Crippen molar-refractivity contribution in [2.24, 2.45) is 11.1 Å². The third-order valence-electron chi connectivity index (χ3n) is 7.40. The lowest BCUT2D eigenvalue weighted by atomic mass is 10.0. The van der Waals surface area contributed by atoms with Crippen LogP contribution in [0.2, 0.25) is 5.02 Å². The van der Waals surface area contributed by atoms with Crippen molar-refractivity contribution in [1.82, 2.24) is 9.97 Å². The van der Waals surface area contributed by atoms with E-state index >= 15 is 0 Å². The molecule has 2 heterocycles. The Morgan fingerprint density at radius 1 is 0.955 bits per heavy atom. The first kappa shape index (κ1) is 28.9. The van der Waals surface area contributed by atoms with Crippen molar-refractivity contribution in [2.45, 2.75) is 19.4 Å². The van der Waals surface area contributed by atoms with E-state index in [1.54, 1.807) is 31.5 Å². The van der Waals surface area contributed by atoms with Gasteiger partial charge >= 0.3 is 0 Å². The molecule has 2 aromatic heterocycles. The summed E-state index contributed by atoms with van der Waals surface area (Å²) in [6, 6.07) is 21.7. The number of pyridine rings is 2. The fraction of sp³-hybridized carbons (Fsp3) is 0.152. The highest BCUT2D eigenvalue weighted by Crippen LogP contribution is 2.49. The van der Waals surface area contributed by atoms with Crippen LogP contribution in [0.4, 0.5) is 15.8 Å². The number of ether oxygens (including phenoxy) is 3. The minimum atomic E-state index is -1.34. The van der Waals surface area contributed by atoms with Crippen molar-refractivity contribution in [1.29, 1.82) is 0 Å². The van der Waals surface area contributed by atoms with Gasteiger partial charge in [0.25, 0.3) is 0 Å². The molecule has 0 radical (unpaired) electrons. The lowest BCUT2D eigenvalue weighted by Gasteiger charge is -2.26. The molecule has 1 saturated carbocycles. The van der Waals surface area contributed by atoms with E-state index in [4.69, 9.17) is 31.5 Å². The fourth-order valence-electron chi connectivity index (χ4n) is 4.82. The van der Waals surface area contributed by atoms with Gasteiger partial charge < -0.3 is 19.9 Å². The summed E-state index contributed by atoms with van der Waals surface area (Å²) in [6.07, 6.45) is 3.61. The fourth-order valence-corrected chi connectivity index (χ4v) is 5.02. The molecule has 6 rings (SSSR count).